The maximum atomic E-state index is 6.02. The van der Waals surface area contributed by atoms with Crippen LogP contribution in [0.15, 0.2) is 18.2 Å². The lowest BCUT2D eigenvalue weighted by Gasteiger charge is -2.41. The molecule has 2 atom stereocenters. The van der Waals surface area contributed by atoms with Crippen molar-refractivity contribution in [2.75, 3.05) is 18.0 Å². The van der Waals surface area contributed by atoms with E-state index in [0.29, 0.717) is 12.1 Å². The molecular weight excluding hydrogens is 347 g/mol. The Kier molecular flexibility index (Phi) is 4.55. The summed E-state index contributed by atoms with van der Waals surface area (Å²) in [5.74, 6) is 0. The number of anilines is 1. The van der Waals surface area contributed by atoms with Gasteiger partial charge in [0.15, 0.2) is 0 Å². The van der Waals surface area contributed by atoms with Crippen molar-refractivity contribution in [1.82, 2.24) is 5.32 Å². The van der Waals surface area contributed by atoms with E-state index in [4.69, 9.17) is 11.6 Å². The maximum Gasteiger partial charge on any atom is 0.0506 e. The molecule has 0 spiro atoms. The number of benzene rings is 1. The fraction of sp³-hybridized carbons (Fsp3) is 0.538. The minimum absolute atomic E-state index is 0.546. The van der Waals surface area contributed by atoms with Crippen molar-refractivity contribution in [2.24, 2.45) is 0 Å². The Morgan fingerprint density at radius 3 is 2.94 bits per heavy atom. The zero-order valence-electron chi connectivity index (χ0n) is 10.2. The van der Waals surface area contributed by atoms with Gasteiger partial charge in [-0.3, -0.25) is 0 Å². The Balaban J connectivity index is 2.28. The molecule has 0 saturated carbocycles. The average Bonchev–Trinajstić information content (AvgIpc) is 2.29. The van der Waals surface area contributed by atoms with Gasteiger partial charge in [0.05, 0.1) is 5.69 Å². The number of hydrogen-bond donors (Lipinski definition) is 1. The molecule has 2 nitrogen and oxygen atoms in total. The first-order valence-electron chi connectivity index (χ1n) is 6.07. The molecule has 0 radical (unpaired) electrons. The number of piperazine rings is 1. The average molecular weight is 365 g/mol. The van der Waals surface area contributed by atoms with Crippen molar-refractivity contribution < 1.29 is 0 Å². The van der Waals surface area contributed by atoms with Crippen LogP contribution in [0.3, 0.4) is 0 Å². The fourth-order valence-electron chi connectivity index (χ4n) is 2.33. The van der Waals surface area contributed by atoms with Gasteiger partial charge in [0.25, 0.3) is 0 Å². The van der Waals surface area contributed by atoms with Gasteiger partial charge >= 0.3 is 0 Å². The lowest BCUT2D eigenvalue weighted by Crippen LogP contribution is -2.55. The Labute approximate surface area is 122 Å². The third kappa shape index (κ3) is 3.06. The molecule has 0 bridgehead atoms. The molecular formula is C13H18ClIN2. The molecule has 1 saturated heterocycles. The van der Waals surface area contributed by atoms with Crippen molar-refractivity contribution >= 4 is 39.9 Å². The molecule has 2 rings (SSSR count). The van der Waals surface area contributed by atoms with Crippen molar-refractivity contribution in [3.8, 4) is 0 Å². The normalized spacial score (nSPS) is 25.1. The second kappa shape index (κ2) is 5.76. The van der Waals surface area contributed by atoms with E-state index < -0.39 is 0 Å². The van der Waals surface area contributed by atoms with Gasteiger partial charge in [-0.15, -0.1) is 0 Å². The summed E-state index contributed by atoms with van der Waals surface area (Å²) in [5.41, 5.74) is 1.32. The van der Waals surface area contributed by atoms with Gasteiger partial charge < -0.3 is 10.2 Å². The van der Waals surface area contributed by atoms with E-state index >= 15 is 0 Å². The molecule has 2 unspecified atom stereocenters. The van der Waals surface area contributed by atoms with E-state index in [-0.39, 0.29) is 0 Å². The van der Waals surface area contributed by atoms with Crippen LogP contribution < -0.4 is 10.2 Å². The first kappa shape index (κ1) is 13.4. The first-order valence-corrected chi connectivity index (χ1v) is 7.52. The Bertz CT molecular complexity index is 397. The van der Waals surface area contributed by atoms with Crippen LogP contribution in [0, 0.1) is 3.57 Å². The van der Waals surface area contributed by atoms with Crippen LogP contribution in [0.2, 0.25) is 5.02 Å². The number of hydrogen-bond acceptors (Lipinski definition) is 2. The zero-order chi connectivity index (χ0) is 12.4. The van der Waals surface area contributed by atoms with E-state index in [0.717, 1.165) is 18.1 Å². The second-order valence-electron chi connectivity index (χ2n) is 4.62. The van der Waals surface area contributed by atoms with Crippen LogP contribution >= 0.6 is 34.2 Å². The predicted octanol–water partition coefficient (Wildman–Crippen LogP) is 3.52. The first-order chi connectivity index (χ1) is 8.11. The molecule has 1 fully saturated rings. The summed E-state index contributed by atoms with van der Waals surface area (Å²) in [4.78, 5) is 2.51. The Hall–Kier alpha value is -0.000000000000000111. The summed E-state index contributed by atoms with van der Waals surface area (Å²) in [7, 11) is 0. The minimum atomic E-state index is 0.546. The summed E-state index contributed by atoms with van der Waals surface area (Å²) in [6, 6.07) is 7.30. The summed E-state index contributed by atoms with van der Waals surface area (Å²) in [5, 5.41) is 4.36. The molecule has 94 valence electrons. The highest BCUT2D eigenvalue weighted by Gasteiger charge is 2.25. The largest absolute Gasteiger partial charge is 0.365 e. The van der Waals surface area contributed by atoms with E-state index in [1.54, 1.807) is 0 Å². The Morgan fingerprint density at radius 1 is 1.53 bits per heavy atom. The summed E-state index contributed by atoms with van der Waals surface area (Å²) < 4.78 is 1.24. The maximum absolute atomic E-state index is 6.02. The molecule has 1 aromatic carbocycles. The summed E-state index contributed by atoms with van der Waals surface area (Å²) in [6.07, 6.45) is 1.17. The second-order valence-corrected chi connectivity index (χ2v) is 6.22. The molecule has 1 aliphatic rings. The standard InChI is InChI=1S/C13H18ClIN2/c1-3-11-7-16-9(2)8-17(11)13-5-4-10(14)6-12(13)15/h4-6,9,11,16H,3,7-8H2,1-2H3. The fourth-order valence-corrected chi connectivity index (χ4v) is 3.51. The van der Waals surface area contributed by atoms with Crippen LogP contribution in [0.1, 0.15) is 20.3 Å². The molecule has 1 heterocycles. The number of rotatable bonds is 2. The molecule has 17 heavy (non-hydrogen) atoms. The quantitative estimate of drug-likeness (QED) is 0.808. The van der Waals surface area contributed by atoms with Crippen molar-refractivity contribution in [1.29, 1.82) is 0 Å². The van der Waals surface area contributed by atoms with Gasteiger partial charge in [-0.1, -0.05) is 18.5 Å². The van der Waals surface area contributed by atoms with Crippen LogP contribution in [-0.2, 0) is 0 Å². The Morgan fingerprint density at radius 2 is 2.29 bits per heavy atom. The monoisotopic (exact) mass is 364 g/mol. The van der Waals surface area contributed by atoms with Gasteiger partial charge in [-0.05, 0) is 54.1 Å². The molecule has 4 heteroatoms. The van der Waals surface area contributed by atoms with Gasteiger partial charge in [0.2, 0.25) is 0 Å². The van der Waals surface area contributed by atoms with Gasteiger partial charge in [-0.2, -0.15) is 0 Å². The van der Waals surface area contributed by atoms with Crippen LogP contribution in [0.25, 0.3) is 0 Å². The molecule has 1 N–H and O–H groups in total. The van der Waals surface area contributed by atoms with E-state index in [1.807, 2.05) is 12.1 Å². The zero-order valence-corrected chi connectivity index (χ0v) is 13.1. The van der Waals surface area contributed by atoms with Crippen molar-refractivity contribution in [3.63, 3.8) is 0 Å². The van der Waals surface area contributed by atoms with E-state index in [9.17, 15) is 0 Å². The van der Waals surface area contributed by atoms with Crippen LogP contribution in [0.4, 0.5) is 5.69 Å². The summed E-state index contributed by atoms with van der Waals surface area (Å²) >= 11 is 8.39. The molecule has 0 amide bonds. The molecule has 1 aliphatic heterocycles. The van der Waals surface area contributed by atoms with E-state index in [1.165, 1.54) is 15.7 Å². The van der Waals surface area contributed by atoms with Crippen LogP contribution in [0.5, 0.6) is 0 Å². The topological polar surface area (TPSA) is 15.3 Å². The molecule has 1 aromatic rings. The van der Waals surface area contributed by atoms with Gasteiger partial charge in [0.1, 0.15) is 0 Å². The highest BCUT2D eigenvalue weighted by molar-refractivity contribution is 14.1. The minimum Gasteiger partial charge on any atom is -0.365 e. The third-order valence-electron chi connectivity index (χ3n) is 3.30. The smallest absolute Gasteiger partial charge is 0.0506 e. The number of nitrogens with zero attached hydrogens (tertiary/aromatic N) is 1. The lowest BCUT2D eigenvalue weighted by molar-refractivity contribution is 0.402. The van der Waals surface area contributed by atoms with Crippen LogP contribution in [-0.4, -0.2) is 25.2 Å². The third-order valence-corrected chi connectivity index (χ3v) is 4.40. The molecule has 0 aromatic heterocycles. The highest BCUT2D eigenvalue weighted by Crippen LogP contribution is 2.29. The lowest BCUT2D eigenvalue weighted by atomic mass is 10.1. The molecule has 0 aliphatic carbocycles. The highest BCUT2D eigenvalue weighted by atomic mass is 127. The number of nitrogens with one attached hydrogen (secondary N) is 1. The van der Waals surface area contributed by atoms with Crippen molar-refractivity contribution in [2.45, 2.75) is 32.4 Å². The van der Waals surface area contributed by atoms with Gasteiger partial charge in [0, 0.05) is 33.8 Å². The summed E-state index contributed by atoms with van der Waals surface area (Å²) in [6.45, 7) is 6.62. The predicted molar refractivity (Wildman–Crippen MR) is 83.1 cm³/mol. The van der Waals surface area contributed by atoms with Gasteiger partial charge in [-0.25, -0.2) is 0 Å². The van der Waals surface area contributed by atoms with E-state index in [2.05, 4.69) is 52.7 Å². The van der Waals surface area contributed by atoms with Crippen molar-refractivity contribution in [3.05, 3.63) is 26.8 Å². The SMILES string of the molecule is CCC1CNC(C)CN1c1ccc(Cl)cc1I. The number of halogens is 2.